The minimum atomic E-state index is -0.752. The summed E-state index contributed by atoms with van der Waals surface area (Å²) in [4.78, 5) is 12.6. The number of aromatic nitrogens is 2. The molecule has 6 heteroatoms. The lowest BCUT2D eigenvalue weighted by Gasteiger charge is -2.14. The van der Waals surface area contributed by atoms with Crippen molar-refractivity contribution >= 4 is 5.97 Å². The van der Waals surface area contributed by atoms with Gasteiger partial charge >= 0.3 is 5.97 Å². The standard InChI is InChI=1S/C18H24FN3O2/c1-22(12-10-18(23)24)11-4-2-3-5-16-13-17(21-20-16)14-6-8-15(19)9-7-14/h6-9,13H,2-5,10-12H2,1H3,(H,20,21)(H,23,24). The molecule has 24 heavy (non-hydrogen) atoms. The lowest BCUT2D eigenvalue weighted by atomic mass is 10.1. The summed E-state index contributed by atoms with van der Waals surface area (Å²) in [5.41, 5.74) is 2.81. The second-order valence-electron chi connectivity index (χ2n) is 6.04. The molecule has 0 saturated heterocycles. The highest BCUT2D eigenvalue weighted by molar-refractivity contribution is 5.66. The van der Waals surface area contributed by atoms with Crippen molar-refractivity contribution in [2.75, 3.05) is 20.1 Å². The number of nitrogens with one attached hydrogen (secondary N) is 1. The third-order valence-electron chi connectivity index (χ3n) is 3.96. The lowest BCUT2D eigenvalue weighted by molar-refractivity contribution is -0.137. The van der Waals surface area contributed by atoms with E-state index in [9.17, 15) is 9.18 Å². The second kappa shape index (κ2) is 9.17. The normalized spacial score (nSPS) is 11.1. The Morgan fingerprint density at radius 1 is 1.21 bits per heavy atom. The number of benzene rings is 1. The van der Waals surface area contributed by atoms with E-state index in [0.717, 1.165) is 49.2 Å². The van der Waals surface area contributed by atoms with Crippen molar-refractivity contribution in [3.05, 3.63) is 41.8 Å². The van der Waals surface area contributed by atoms with Crippen LogP contribution in [0.3, 0.4) is 0 Å². The maximum absolute atomic E-state index is 12.9. The number of carboxylic acids is 1. The van der Waals surface area contributed by atoms with Crippen LogP contribution in [0.25, 0.3) is 11.3 Å². The molecule has 2 aromatic rings. The number of unbranched alkanes of at least 4 members (excludes halogenated alkanes) is 2. The predicted octanol–water partition coefficient (Wildman–Crippen LogP) is 3.34. The zero-order valence-corrected chi connectivity index (χ0v) is 14.0. The van der Waals surface area contributed by atoms with E-state index in [1.165, 1.54) is 12.1 Å². The fraction of sp³-hybridized carbons (Fsp3) is 0.444. The van der Waals surface area contributed by atoms with Crippen LogP contribution in [0, 0.1) is 5.82 Å². The molecule has 0 aliphatic rings. The highest BCUT2D eigenvalue weighted by Crippen LogP contribution is 2.18. The predicted molar refractivity (Wildman–Crippen MR) is 91.3 cm³/mol. The third-order valence-corrected chi connectivity index (χ3v) is 3.96. The smallest absolute Gasteiger partial charge is 0.304 e. The van der Waals surface area contributed by atoms with Gasteiger partial charge in [-0.2, -0.15) is 5.10 Å². The molecule has 0 saturated carbocycles. The summed E-state index contributed by atoms with van der Waals surface area (Å²) in [5, 5.41) is 15.9. The van der Waals surface area contributed by atoms with Gasteiger partial charge in [0, 0.05) is 17.8 Å². The Kier molecular flexibility index (Phi) is 6.93. The molecule has 2 N–H and O–H groups in total. The van der Waals surface area contributed by atoms with Crippen LogP contribution in [0.5, 0.6) is 0 Å². The van der Waals surface area contributed by atoms with E-state index in [-0.39, 0.29) is 12.2 Å². The number of rotatable bonds is 10. The van der Waals surface area contributed by atoms with Crippen molar-refractivity contribution in [2.45, 2.75) is 32.1 Å². The van der Waals surface area contributed by atoms with Crippen LogP contribution < -0.4 is 0 Å². The number of aryl methyl sites for hydroxylation is 1. The van der Waals surface area contributed by atoms with Gasteiger partial charge in [0.1, 0.15) is 5.82 Å². The van der Waals surface area contributed by atoms with Crippen LogP contribution in [-0.2, 0) is 11.2 Å². The number of hydrogen-bond donors (Lipinski definition) is 2. The summed E-state index contributed by atoms with van der Waals surface area (Å²) in [7, 11) is 1.95. The summed E-state index contributed by atoms with van der Waals surface area (Å²) < 4.78 is 12.9. The Morgan fingerprint density at radius 3 is 2.67 bits per heavy atom. The van der Waals surface area contributed by atoms with Crippen LogP contribution in [0.15, 0.2) is 30.3 Å². The van der Waals surface area contributed by atoms with E-state index < -0.39 is 5.97 Å². The topological polar surface area (TPSA) is 69.2 Å². The summed E-state index contributed by atoms with van der Waals surface area (Å²) in [6.45, 7) is 1.51. The highest BCUT2D eigenvalue weighted by Gasteiger charge is 2.05. The van der Waals surface area contributed by atoms with E-state index in [0.29, 0.717) is 6.54 Å². The molecule has 0 unspecified atom stereocenters. The van der Waals surface area contributed by atoms with Gasteiger partial charge in [-0.05, 0) is 63.2 Å². The van der Waals surface area contributed by atoms with Gasteiger partial charge in [0.25, 0.3) is 0 Å². The first-order chi connectivity index (χ1) is 11.5. The Balaban J connectivity index is 1.66. The number of H-pyrrole nitrogens is 1. The molecular formula is C18H24FN3O2. The summed E-state index contributed by atoms with van der Waals surface area (Å²) in [6.07, 6.45) is 4.30. The average Bonchev–Trinajstić information content (AvgIpc) is 3.02. The van der Waals surface area contributed by atoms with E-state index in [2.05, 4.69) is 15.1 Å². The number of aliphatic carboxylic acids is 1. The van der Waals surface area contributed by atoms with Gasteiger partial charge < -0.3 is 10.0 Å². The zero-order chi connectivity index (χ0) is 17.4. The monoisotopic (exact) mass is 333 g/mol. The molecule has 1 heterocycles. The maximum atomic E-state index is 12.9. The van der Waals surface area contributed by atoms with Crippen molar-refractivity contribution in [2.24, 2.45) is 0 Å². The first-order valence-corrected chi connectivity index (χ1v) is 8.25. The number of hydrogen-bond acceptors (Lipinski definition) is 3. The second-order valence-corrected chi connectivity index (χ2v) is 6.04. The van der Waals surface area contributed by atoms with Gasteiger partial charge in [0.2, 0.25) is 0 Å². The van der Waals surface area contributed by atoms with E-state index >= 15 is 0 Å². The molecule has 0 spiro atoms. The molecule has 0 amide bonds. The highest BCUT2D eigenvalue weighted by atomic mass is 19.1. The molecule has 5 nitrogen and oxygen atoms in total. The van der Waals surface area contributed by atoms with Crippen LogP contribution in [-0.4, -0.2) is 46.3 Å². The van der Waals surface area contributed by atoms with Crippen LogP contribution in [0.1, 0.15) is 31.4 Å². The fourth-order valence-electron chi connectivity index (χ4n) is 2.53. The average molecular weight is 333 g/mol. The van der Waals surface area contributed by atoms with E-state index in [1.807, 2.05) is 13.1 Å². The number of aromatic amines is 1. The van der Waals surface area contributed by atoms with E-state index in [4.69, 9.17) is 5.11 Å². The zero-order valence-electron chi connectivity index (χ0n) is 14.0. The number of nitrogens with zero attached hydrogens (tertiary/aromatic N) is 2. The summed E-state index contributed by atoms with van der Waals surface area (Å²) in [5.74, 6) is -0.999. The molecule has 0 aliphatic heterocycles. The van der Waals surface area contributed by atoms with Crippen molar-refractivity contribution in [3.8, 4) is 11.3 Å². The number of carboxylic acid groups (broad SMARTS) is 1. The maximum Gasteiger partial charge on any atom is 0.304 e. The number of halogens is 1. The largest absolute Gasteiger partial charge is 0.481 e. The molecule has 0 atom stereocenters. The molecular weight excluding hydrogens is 309 g/mol. The van der Waals surface area contributed by atoms with Gasteiger partial charge in [0.05, 0.1) is 12.1 Å². The van der Waals surface area contributed by atoms with Gasteiger partial charge in [-0.15, -0.1) is 0 Å². The summed E-state index contributed by atoms with van der Waals surface area (Å²) >= 11 is 0. The third kappa shape index (κ3) is 6.12. The minimum Gasteiger partial charge on any atom is -0.481 e. The van der Waals surface area contributed by atoms with Crippen molar-refractivity contribution in [1.82, 2.24) is 15.1 Å². The quantitative estimate of drug-likeness (QED) is 0.654. The fourth-order valence-corrected chi connectivity index (χ4v) is 2.53. The molecule has 0 radical (unpaired) electrons. The Hall–Kier alpha value is -2.21. The van der Waals surface area contributed by atoms with Gasteiger partial charge in [-0.25, -0.2) is 4.39 Å². The molecule has 0 bridgehead atoms. The lowest BCUT2D eigenvalue weighted by Crippen LogP contribution is -2.22. The first-order valence-electron chi connectivity index (χ1n) is 8.25. The van der Waals surface area contributed by atoms with Crippen LogP contribution in [0.2, 0.25) is 0 Å². The SMILES string of the molecule is CN(CCCCCc1cc(-c2ccc(F)cc2)n[nH]1)CCC(=O)O. The molecule has 1 aromatic carbocycles. The van der Waals surface area contributed by atoms with Crippen molar-refractivity contribution in [3.63, 3.8) is 0 Å². The van der Waals surface area contributed by atoms with Crippen LogP contribution in [0.4, 0.5) is 4.39 Å². The Labute approximate surface area is 141 Å². The molecule has 0 fully saturated rings. The minimum absolute atomic E-state index is 0.191. The van der Waals surface area contributed by atoms with Crippen molar-refractivity contribution in [1.29, 1.82) is 0 Å². The molecule has 1 aromatic heterocycles. The van der Waals surface area contributed by atoms with Gasteiger partial charge in [-0.1, -0.05) is 6.42 Å². The molecule has 0 aliphatic carbocycles. The van der Waals surface area contributed by atoms with Crippen molar-refractivity contribution < 1.29 is 14.3 Å². The van der Waals surface area contributed by atoms with Gasteiger partial charge in [-0.3, -0.25) is 9.89 Å². The number of carbonyl (C=O) groups is 1. The molecule has 2 rings (SSSR count). The van der Waals surface area contributed by atoms with Gasteiger partial charge in [0.15, 0.2) is 0 Å². The summed E-state index contributed by atoms with van der Waals surface area (Å²) in [6, 6.07) is 8.33. The first kappa shape index (κ1) is 18.1. The van der Waals surface area contributed by atoms with Crippen LogP contribution >= 0.6 is 0 Å². The Morgan fingerprint density at radius 2 is 1.96 bits per heavy atom. The molecule has 130 valence electrons. The van der Waals surface area contributed by atoms with E-state index in [1.54, 1.807) is 12.1 Å². The Bertz CT molecular complexity index is 640.